The molecular formula is C19H30N2O2. The molecule has 1 aliphatic rings. The quantitative estimate of drug-likeness (QED) is 0.808. The van der Waals surface area contributed by atoms with Crippen LogP contribution in [0.3, 0.4) is 0 Å². The first kappa shape index (κ1) is 17.8. The average molecular weight is 318 g/mol. The average Bonchev–Trinajstić information content (AvgIpc) is 2.53. The Morgan fingerprint density at radius 1 is 1.22 bits per heavy atom. The van der Waals surface area contributed by atoms with Crippen LogP contribution in [0, 0.1) is 6.92 Å². The fraction of sp³-hybridized carbons (Fsp3) is 0.632. The molecule has 0 aromatic heterocycles. The Hall–Kier alpha value is -1.55. The summed E-state index contributed by atoms with van der Waals surface area (Å²) in [6, 6.07) is 6.22. The van der Waals surface area contributed by atoms with Crippen molar-refractivity contribution in [2.45, 2.75) is 40.0 Å². The number of ether oxygens (including phenoxy) is 1. The molecule has 4 nitrogen and oxygen atoms in total. The highest BCUT2D eigenvalue weighted by molar-refractivity contribution is 5.78. The Morgan fingerprint density at radius 3 is 2.52 bits per heavy atom. The summed E-state index contributed by atoms with van der Waals surface area (Å²) in [7, 11) is 0. The van der Waals surface area contributed by atoms with Crippen LogP contribution in [0.4, 0.5) is 0 Å². The van der Waals surface area contributed by atoms with E-state index in [2.05, 4.69) is 37.8 Å². The van der Waals surface area contributed by atoms with Crippen molar-refractivity contribution >= 4 is 5.91 Å². The summed E-state index contributed by atoms with van der Waals surface area (Å²) in [6.07, 6.45) is 1.17. The molecule has 0 atom stereocenters. The Labute approximate surface area is 140 Å². The van der Waals surface area contributed by atoms with Crippen molar-refractivity contribution in [3.05, 3.63) is 29.3 Å². The summed E-state index contributed by atoms with van der Waals surface area (Å²) in [4.78, 5) is 16.7. The third kappa shape index (κ3) is 4.96. The number of hydrogen-bond donors (Lipinski definition) is 0. The van der Waals surface area contributed by atoms with Crippen LogP contribution in [-0.2, 0) is 4.79 Å². The molecular weight excluding hydrogens is 288 g/mol. The molecule has 1 aromatic carbocycles. The maximum Gasteiger partial charge on any atom is 0.260 e. The highest BCUT2D eigenvalue weighted by atomic mass is 16.5. The van der Waals surface area contributed by atoms with Crippen molar-refractivity contribution in [1.29, 1.82) is 0 Å². The molecule has 1 aliphatic heterocycles. The topological polar surface area (TPSA) is 32.8 Å². The van der Waals surface area contributed by atoms with Crippen molar-refractivity contribution in [2.75, 3.05) is 39.3 Å². The lowest BCUT2D eigenvalue weighted by Gasteiger charge is -2.34. The molecule has 1 heterocycles. The van der Waals surface area contributed by atoms with Crippen LogP contribution < -0.4 is 4.74 Å². The van der Waals surface area contributed by atoms with Crippen LogP contribution in [0.1, 0.15) is 44.2 Å². The Kier molecular flexibility index (Phi) is 6.46. The molecule has 0 aliphatic carbocycles. The molecule has 0 spiro atoms. The third-order valence-electron chi connectivity index (χ3n) is 4.41. The Bertz CT molecular complexity index is 520. The fourth-order valence-electron chi connectivity index (χ4n) is 3.01. The van der Waals surface area contributed by atoms with Crippen molar-refractivity contribution in [1.82, 2.24) is 9.80 Å². The predicted octanol–water partition coefficient (Wildman–Crippen LogP) is 3.05. The SMILES string of the molecule is CCCN1CCN(C(=O)COc2cc(C)ccc2C(C)C)CC1. The summed E-state index contributed by atoms with van der Waals surface area (Å²) >= 11 is 0. The summed E-state index contributed by atoms with van der Waals surface area (Å²) in [5.74, 6) is 1.33. The number of hydrogen-bond acceptors (Lipinski definition) is 3. The number of carbonyl (C=O) groups is 1. The molecule has 0 unspecified atom stereocenters. The fourth-order valence-corrected chi connectivity index (χ4v) is 3.01. The van der Waals surface area contributed by atoms with Gasteiger partial charge in [0.1, 0.15) is 5.75 Å². The summed E-state index contributed by atoms with van der Waals surface area (Å²) in [6.45, 7) is 13.4. The molecule has 128 valence electrons. The molecule has 0 saturated carbocycles. The minimum Gasteiger partial charge on any atom is -0.483 e. The normalized spacial score (nSPS) is 16.0. The number of rotatable bonds is 6. The minimum absolute atomic E-state index is 0.0948. The summed E-state index contributed by atoms with van der Waals surface area (Å²) < 4.78 is 5.86. The molecule has 2 rings (SSSR count). The molecule has 4 heteroatoms. The summed E-state index contributed by atoms with van der Waals surface area (Å²) in [5, 5.41) is 0. The number of amides is 1. The van der Waals surface area contributed by atoms with Crippen molar-refractivity contribution in [3.63, 3.8) is 0 Å². The third-order valence-corrected chi connectivity index (χ3v) is 4.41. The van der Waals surface area contributed by atoms with Crippen LogP contribution in [0.15, 0.2) is 18.2 Å². The van der Waals surface area contributed by atoms with E-state index >= 15 is 0 Å². The highest BCUT2D eigenvalue weighted by Gasteiger charge is 2.21. The number of benzene rings is 1. The largest absolute Gasteiger partial charge is 0.483 e. The smallest absolute Gasteiger partial charge is 0.260 e. The van der Waals surface area contributed by atoms with Crippen LogP contribution in [0.2, 0.25) is 0 Å². The number of nitrogens with zero attached hydrogens (tertiary/aromatic N) is 2. The first-order valence-electron chi connectivity index (χ1n) is 8.74. The molecule has 0 radical (unpaired) electrons. The molecule has 0 N–H and O–H groups in total. The first-order chi connectivity index (χ1) is 11.0. The van der Waals surface area contributed by atoms with Gasteiger partial charge in [-0.05, 0) is 43.0 Å². The second kappa shape index (κ2) is 8.34. The first-order valence-corrected chi connectivity index (χ1v) is 8.74. The van der Waals surface area contributed by atoms with Crippen LogP contribution >= 0.6 is 0 Å². The lowest BCUT2D eigenvalue weighted by atomic mass is 10.0. The molecule has 1 aromatic rings. The predicted molar refractivity (Wildman–Crippen MR) is 94.1 cm³/mol. The van der Waals surface area contributed by atoms with E-state index < -0.39 is 0 Å². The van der Waals surface area contributed by atoms with E-state index in [0.717, 1.165) is 49.6 Å². The van der Waals surface area contributed by atoms with Gasteiger partial charge < -0.3 is 9.64 Å². The van der Waals surface area contributed by atoms with E-state index in [1.165, 1.54) is 6.42 Å². The highest BCUT2D eigenvalue weighted by Crippen LogP contribution is 2.27. The van der Waals surface area contributed by atoms with Gasteiger partial charge in [-0.2, -0.15) is 0 Å². The molecule has 1 saturated heterocycles. The van der Waals surface area contributed by atoms with Crippen LogP contribution in [0.25, 0.3) is 0 Å². The zero-order valence-corrected chi connectivity index (χ0v) is 15.0. The Morgan fingerprint density at radius 2 is 1.91 bits per heavy atom. The van der Waals surface area contributed by atoms with E-state index in [1.807, 2.05) is 17.9 Å². The number of carbonyl (C=O) groups excluding carboxylic acids is 1. The van der Waals surface area contributed by atoms with Gasteiger partial charge in [0, 0.05) is 26.2 Å². The van der Waals surface area contributed by atoms with E-state index in [4.69, 9.17) is 4.74 Å². The van der Waals surface area contributed by atoms with Crippen LogP contribution in [0.5, 0.6) is 5.75 Å². The van der Waals surface area contributed by atoms with Gasteiger partial charge in [0.25, 0.3) is 5.91 Å². The summed E-state index contributed by atoms with van der Waals surface area (Å²) in [5.41, 5.74) is 2.32. The zero-order chi connectivity index (χ0) is 16.8. The molecule has 1 amide bonds. The second-order valence-corrected chi connectivity index (χ2v) is 6.71. The van der Waals surface area contributed by atoms with E-state index in [-0.39, 0.29) is 12.5 Å². The maximum absolute atomic E-state index is 12.4. The zero-order valence-electron chi connectivity index (χ0n) is 15.0. The van der Waals surface area contributed by atoms with E-state index in [0.29, 0.717) is 5.92 Å². The van der Waals surface area contributed by atoms with Gasteiger partial charge in [-0.3, -0.25) is 9.69 Å². The second-order valence-electron chi connectivity index (χ2n) is 6.71. The van der Waals surface area contributed by atoms with Gasteiger partial charge in [-0.25, -0.2) is 0 Å². The van der Waals surface area contributed by atoms with Gasteiger partial charge in [-0.1, -0.05) is 32.9 Å². The monoisotopic (exact) mass is 318 g/mol. The van der Waals surface area contributed by atoms with Crippen molar-refractivity contribution in [3.8, 4) is 5.75 Å². The van der Waals surface area contributed by atoms with Gasteiger partial charge in [-0.15, -0.1) is 0 Å². The molecule has 1 fully saturated rings. The van der Waals surface area contributed by atoms with E-state index in [9.17, 15) is 4.79 Å². The molecule has 23 heavy (non-hydrogen) atoms. The van der Waals surface area contributed by atoms with Gasteiger partial charge >= 0.3 is 0 Å². The van der Waals surface area contributed by atoms with Crippen molar-refractivity contribution < 1.29 is 9.53 Å². The molecule has 0 bridgehead atoms. The van der Waals surface area contributed by atoms with Crippen molar-refractivity contribution in [2.24, 2.45) is 0 Å². The lowest BCUT2D eigenvalue weighted by molar-refractivity contribution is -0.135. The van der Waals surface area contributed by atoms with Gasteiger partial charge in [0.05, 0.1) is 0 Å². The van der Waals surface area contributed by atoms with Gasteiger partial charge in [0.15, 0.2) is 6.61 Å². The number of aryl methyl sites for hydroxylation is 1. The van der Waals surface area contributed by atoms with Crippen LogP contribution in [-0.4, -0.2) is 55.0 Å². The minimum atomic E-state index is 0.0948. The number of piperazine rings is 1. The maximum atomic E-state index is 12.4. The Balaban J connectivity index is 1.89. The van der Waals surface area contributed by atoms with E-state index in [1.54, 1.807) is 0 Å². The lowest BCUT2D eigenvalue weighted by Crippen LogP contribution is -2.50. The van der Waals surface area contributed by atoms with Gasteiger partial charge in [0.2, 0.25) is 0 Å². The standard InChI is InChI=1S/C19H30N2O2/c1-5-8-20-9-11-21(12-10-20)19(22)14-23-18-13-16(4)6-7-17(18)15(2)3/h6-7,13,15H,5,8-12,14H2,1-4H3.